The third-order valence-electron chi connectivity index (χ3n) is 1.37. The fourth-order valence-electron chi connectivity index (χ4n) is 0.967. The molecule has 1 heterocycles. The van der Waals surface area contributed by atoms with Crippen LogP contribution in [-0.2, 0) is 0 Å². The van der Waals surface area contributed by atoms with Gasteiger partial charge in [0.15, 0.2) is 5.89 Å². The van der Waals surface area contributed by atoms with Crippen LogP contribution in [0.5, 0.6) is 0 Å². The zero-order valence-electron chi connectivity index (χ0n) is 6.51. The zero-order chi connectivity index (χ0) is 7.72. The van der Waals surface area contributed by atoms with Crippen LogP contribution in [0.4, 0.5) is 0 Å². The summed E-state index contributed by atoms with van der Waals surface area (Å²) in [5.41, 5.74) is 6.46. The summed E-state index contributed by atoms with van der Waals surface area (Å²) in [6, 6.07) is -0.0301. The Labute approximate surface area is 60.2 Å². The summed E-state index contributed by atoms with van der Waals surface area (Å²) in [6.07, 6.45) is 0. The molecule has 1 atom stereocenters. The summed E-state index contributed by atoms with van der Waals surface area (Å²) in [7, 11) is 0. The van der Waals surface area contributed by atoms with E-state index in [9.17, 15) is 0 Å². The second-order valence-electron chi connectivity index (χ2n) is 2.46. The molecule has 1 rings (SSSR count). The highest BCUT2D eigenvalue weighted by atomic mass is 16.4. The second kappa shape index (κ2) is 2.42. The van der Waals surface area contributed by atoms with Gasteiger partial charge in [0.1, 0.15) is 5.76 Å². The van der Waals surface area contributed by atoms with Gasteiger partial charge < -0.3 is 10.2 Å². The number of aryl methyl sites for hydroxylation is 2. The first-order valence-corrected chi connectivity index (χ1v) is 3.30. The molecule has 0 saturated heterocycles. The molecule has 0 aliphatic heterocycles. The van der Waals surface area contributed by atoms with E-state index in [1.807, 2.05) is 20.8 Å². The molecule has 0 spiro atoms. The molecule has 0 bridgehead atoms. The summed E-state index contributed by atoms with van der Waals surface area (Å²) >= 11 is 0. The highest BCUT2D eigenvalue weighted by molar-refractivity contribution is 5.10. The van der Waals surface area contributed by atoms with Gasteiger partial charge in [0.2, 0.25) is 0 Å². The average molecular weight is 140 g/mol. The van der Waals surface area contributed by atoms with Crippen molar-refractivity contribution in [1.82, 2.24) is 4.98 Å². The van der Waals surface area contributed by atoms with Crippen molar-refractivity contribution in [1.29, 1.82) is 0 Å². The van der Waals surface area contributed by atoms with Crippen molar-refractivity contribution in [2.45, 2.75) is 26.8 Å². The fraction of sp³-hybridized carbons (Fsp3) is 0.571. The molecule has 3 heteroatoms. The van der Waals surface area contributed by atoms with E-state index in [2.05, 4.69) is 4.98 Å². The maximum absolute atomic E-state index is 5.61. The smallest absolute Gasteiger partial charge is 0.191 e. The molecular formula is C7H12N2O. The molecule has 1 aromatic heterocycles. The largest absolute Gasteiger partial charge is 0.446 e. The molecule has 0 amide bonds. The number of hydrogen-bond donors (Lipinski definition) is 1. The van der Waals surface area contributed by atoms with Crippen LogP contribution in [0.25, 0.3) is 0 Å². The lowest BCUT2D eigenvalue weighted by molar-refractivity contribution is 0.491. The lowest BCUT2D eigenvalue weighted by Gasteiger charge is -1.97. The van der Waals surface area contributed by atoms with Crippen molar-refractivity contribution in [3.05, 3.63) is 17.3 Å². The second-order valence-corrected chi connectivity index (χ2v) is 2.46. The standard InChI is InChI=1S/C7H12N2O/c1-4(8)7-5(2)10-6(3)9-7/h4H,8H2,1-3H3. The van der Waals surface area contributed by atoms with Gasteiger partial charge >= 0.3 is 0 Å². The first-order chi connectivity index (χ1) is 4.61. The zero-order valence-corrected chi connectivity index (χ0v) is 6.51. The molecule has 3 nitrogen and oxygen atoms in total. The predicted molar refractivity (Wildman–Crippen MR) is 38.6 cm³/mol. The molecule has 1 aromatic rings. The van der Waals surface area contributed by atoms with Crippen LogP contribution >= 0.6 is 0 Å². The molecule has 0 saturated carbocycles. The Morgan fingerprint density at radius 2 is 2.10 bits per heavy atom. The summed E-state index contributed by atoms with van der Waals surface area (Å²) in [5.74, 6) is 1.51. The van der Waals surface area contributed by atoms with E-state index in [0.717, 1.165) is 11.5 Å². The van der Waals surface area contributed by atoms with Gasteiger partial charge in [-0.05, 0) is 13.8 Å². The SMILES string of the molecule is Cc1nc(C(C)N)c(C)o1. The van der Waals surface area contributed by atoms with Gasteiger partial charge in [0.25, 0.3) is 0 Å². The number of nitrogens with two attached hydrogens (primary N) is 1. The van der Waals surface area contributed by atoms with Crippen LogP contribution in [0, 0.1) is 13.8 Å². The first kappa shape index (κ1) is 7.28. The van der Waals surface area contributed by atoms with Gasteiger partial charge in [-0.3, -0.25) is 0 Å². The summed E-state index contributed by atoms with van der Waals surface area (Å²) in [6.45, 7) is 5.59. The van der Waals surface area contributed by atoms with Gasteiger partial charge in [-0.2, -0.15) is 0 Å². The molecule has 2 N–H and O–H groups in total. The number of hydrogen-bond acceptors (Lipinski definition) is 3. The van der Waals surface area contributed by atoms with E-state index in [0.29, 0.717) is 5.89 Å². The summed E-state index contributed by atoms with van der Waals surface area (Å²) in [5, 5.41) is 0. The number of aromatic nitrogens is 1. The fourth-order valence-corrected chi connectivity index (χ4v) is 0.967. The van der Waals surface area contributed by atoms with Gasteiger partial charge in [0, 0.05) is 13.0 Å². The van der Waals surface area contributed by atoms with Gasteiger partial charge in [-0.1, -0.05) is 0 Å². The molecule has 0 fully saturated rings. The highest BCUT2D eigenvalue weighted by Crippen LogP contribution is 2.14. The third-order valence-corrected chi connectivity index (χ3v) is 1.37. The van der Waals surface area contributed by atoms with E-state index >= 15 is 0 Å². The minimum absolute atomic E-state index is 0.0301. The van der Waals surface area contributed by atoms with Crippen molar-refractivity contribution in [3.8, 4) is 0 Å². The third kappa shape index (κ3) is 1.19. The Kier molecular flexibility index (Phi) is 1.76. The van der Waals surface area contributed by atoms with Crippen molar-refractivity contribution < 1.29 is 4.42 Å². The topological polar surface area (TPSA) is 52.0 Å². The monoisotopic (exact) mass is 140 g/mol. The van der Waals surface area contributed by atoms with Crippen LogP contribution in [0.3, 0.4) is 0 Å². The van der Waals surface area contributed by atoms with Crippen LogP contribution in [0.2, 0.25) is 0 Å². The number of oxazole rings is 1. The minimum atomic E-state index is -0.0301. The van der Waals surface area contributed by atoms with Crippen molar-refractivity contribution in [2.75, 3.05) is 0 Å². The molecule has 56 valence electrons. The first-order valence-electron chi connectivity index (χ1n) is 3.30. The Morgan fingerprint density at radius 1 is 1.50 bits per heavy atom. The van der Waals surface area contributed by atoms with Crippen LogP contribution in [-0.4, -0.2) is 4.98 Å². The lowest BCUT2D eigenvalue weighted by Crippen LogP contribution is -2.06. The Balaban J connectivity index is 3.03. The molecule has 1 unspecified atom stereocenters. The van der Waals surface area contributed by atoms with Gasteiger partial charge in [-0.25, -0.2) is 4.98 Å². The molecule has 0 aliphatic carbocycles. The highest BCUT2D eigenvalue weighted by Gasteiger charge is 2.09. The van der Waals surface area contributed by atoms with Crippen molar-refractivity contribution >= 4 is 0 Å². The molecular weight excluding hydrogens is 128 g/mol. The van der Waals surface area contributed by atoms with Gasteiger partial charge in [-0.15, -0.1) is 0 Å². The molecule has 0 radical (unpaired) electrons. The number of nitrogens with zero attached hydrogens (tertiary/aromatic N) is 1. The van der Waals surface area contributed by atoms with Gasteiger partial charge in [0.05, 0.1) is 5.69 Å². The Morgan fingerprint density at radius 3 is 2.30 bits per heavy atom. The summed E-state index contributed by atoms with van der Waals surface area (Å²) < 4.78 is 5.18. The summed E-state index contributed by atoms with van der Waals surface area (Å²) in [4.78, 5) is 4.12. The van der Waals surface area contributed by atoms with Crippen LogP contribution in [0.15, 0.2) is 4.42 Å². The van der Waals surface area contributed by atoms with Crippen LogP contribution < -0.4 is 5.73 Å². The quantitative estimate of drug-likeness (QED) is 0.639. The normalized spacial score (nSPS) is 13.6. The van der Waals surface area contributed by atoms with E-state index in [1.165, 1.54) is 0 Å². The van der Waals surface area contributed by atoms with Crippen molar-refractivity contribution in [2.24, 2.45) is 5.73 Å². The average Bonchev–Trinajstić information content (AvgIpc) is 2.10. The maximum Gasteiger partial charge on any atom is 0.191 e. The molecule has 0 aromatic carbocycles. The van der Waals surface area contributed by atoms with E-state index < -0.39 is 0 Å². The van der Waals surface area contributed by atoms with E-state index in [1.54, 1.807) is 0 Å². The van der Waals surface area contributed by atoms with Crippen LogP contribution in [0.1, 0.15) is 30.3 Å². The number of rotatable bonds is 1. The molecule has 10 heavy (non-hydrogen) atoms. The predicted octanol–water partition coefficient (Wildman–Crippen LogP) is 1.31. The Bertz CT molecular complexity index is 228. The van der Waals surface area contributed by atoms with Crippen molar-refractivity contribution in [3.63, 3.8) is 0 Å². The Hall–Kier alpha value is -0.830. The van der Waals surface area contributed by atoms with E-state index in [4.69, 9.17) is 10.2 Å². The lowest BCUT2D eigenvalue weighted by atomic mass is 10.2. The van der Waals surface area contributed by atoms with E-state index in [-0.39, 0.29) is 6.04 Å². The maximum atomic E-state index is 5.61. The minimum Gasteiger partial charge on any atom is -0.446 e. The molecule has 0 aliphatic rings.